The number of amides is 3. The molecule has 4 rings (SSSR count). The molecule has 1 unspecified atom stereocenters. The zero-order chi connectivity index (χ0) is 34.0. The third-order valence-electron chi connectivity index (χ3n) is 7.69. The van der Waals surface area contributed by atoms with Crippen LogP contribution in [0.5, 0.6) is 5.75 Å². The van der Waals surface area contributed by atoms with Crippen LogP contribution in [0.1, 0.15) is 66.9 Å². The van der Waals surface area contributed by atoms with E-state index in [9.17, 15) is 27.4 Å². The lowest BCUT2D eigenvalue weighted by molar-refractivity contribution is -0.163. The number of aliphatic carboxylic acids is 1. The average Bonchev–Trinajstić information content (AvgIpc) is 3.07. The molecule has 9 nitrogen and oxygen atoms in total. The van der Waals surface area contributed by atoms with Gasteiger partial charge in [-0.2, -0.15) is 8.78 Å². The number of carbonyl (C=O) groups is 3. The number of ether oxygens (including phenoxy) is 1. The highest BCUT2D eigenvalue weighted by molar-refractivity contribution is 7.84. The number of carboxylic acids is 1. The van der Waals surface area contributed by atoms with Crippen LogP contribution in [0.4, 0.5) is 25.0 Å². The van der Waals surface area contributed by atoms with Crippen LogP contribution in [0.15, 0.2) is 77.7 Å². The summed E-state index contributed by atoms with van der Waals surface area (Å²) in [6.07, 6.45) is 9.93. The standard InChI is InChI=1S/C35H39F2N3O6S/c1-3-4-20-46-30-19-16-28(21-31(30)47(2)45)39-34(44)40(29-17-14-26(15-18-29)25-8-6-5-7-9-25)22-24-10-12-27(13-11-24)32(41)38-23-35(36,37)33(42)43/h8,10-19,21H,3-7,9,20,22-23H2,1-2H3,(H,38,41)(H,39,44)(H,42,43). The smallest absolute Gasteiger partial charge is 0.376 e. The zero-order valence-corrected chi connectivity index (χ0v) is 27.2. The molecule has 1 aliphatic carbocycles. The predicted octanol–water partition coefficient (Wildman–Crippen LogP) is 7.25. The Morgan fingerprint density at radius 1 is 1.02 bits per heavy atom. The predicted molar refractivity (Wildman–Crippen MR) is 179 cm³/mol. The number of urea groups is 1. The van der Waals surface area contributed by atoms with Crippen molar-refractivity contribution in [1.82, 2.24) is 5.32 Å². The molecule has 0 saturated heterocycles. The first kappa shape index (κ1) is 35.3. The molecule has 250 valence electrons. The summed E-state index contributed by atoms with van der Waals surface area (Å²) in [4.78, 5) is 38.8. The first-order valence-electron chi connectivity index (χ1n) is 15.4. The van der Waals surface area contributed by atoms with Crippen molar-refractivity contribution in [3.05, 3.63) is 89.5 Å². The summed E-state index contributed by atoms with van der Waals surface area (Å²) in [6, 6.07) is 18.3. The second-order valence-corrected chi connectivity index (χ2v) is 12.6. The SMILES string of the molecule is CCCCOc1ccc(NC(=O)N(Cc2ccc(C(=O)NCC(F)(F)C(=O)O)cc2)c2ccc(C3=CCCCC3)cc2)cc1S(C)=O. The van der Waals surface area contributed by atoms with E-state index < -0.39 is 41.2 Å². The molecule has 0 spiro atoms. The van der Waals surface area contributed by atoms with Crippen LogP contribution < -0.4 is 20.3 Å². The van der Waals surface area contributed by atoms with Crippen LogP contribution in [0.3, 0.4) is 0 Å². The molecule has 0 heterocycles. The number of nitrogens with one attached hydrogen (secondary N) is 2. The number of carbonyl (C=O) groups excluding carboxylic acids is 2. The molecule has 3 aromatic carbocycles. The van der Waals surface area contributed by atoms with E-state index in [2.05, 4.69) is 11.4 Å². The summed E-state index contributed by atoms with van der Waals surface area (Å²) in [5, 5.41) is 13.4. The number of carboxylic acid groups (broad SMARTS) is 1. The van der Waals surface area contributed by atoms with Crippen LogP contribution in [0.2, 0.25) is 0 Å². The summed E-state index contributed by atoms with van der Waals surface area (Å²) in [6.45, 7) is 1.29. The van der Waals surface area contributed by atoms with E-state index in [0.717, 1.165) is 37.7 Å². The summed E-state index contributed by atoms with van der Waals surface area (Å²) in [5.74, 6) is -6.78. The van der Waals surface area contributed by atoms with Gasteiger partial charge in [0, 0.05) is 23.2 Å². The minimum Gasteiger partial charge on any atom is -0.492 e. The van der Waals surface area contributed by atoms with Crippen molar-refractivity contribution in [3.63, 3.8) is 0 Å². The third-order valence-corrected chi connectivity index (χ3v) is 8.63. The second-order valence-electron chi connectivity index (χ2n) is 11.2. The van der Waals surface area contributed by atoms with E-state index >= 15 is 0 Å². The Hall–Kier alpha value is -4.58. The van der Waals surface area contributed by atoms with Gasteiger partial charge in [0.15, 0.2) is 0 Å². The van der Waals surface area contributed by atoms with E-state index in [4.69, 9.17) is 9.84 Å². The Kier molecular flexibility index (Phi) is 12.2. The van der Waals surface area contributed by atoms with E-state index in [1.807, 2.05) is 36.5 Å². The van der Waals surface area contributed by atoms with Gasteiger partial charge in [0.2, 0.25) is 0 Å². The molecule has 1 atom stereocenters. The molecule has 3 amide bonds. The van der Waals surface area contributed by atoms with Crippen LogP contribution >= 0.6 is 0 Å². The van der Waals surface area contributed by atoms with Gasteiger partial charge in [-0.15, -0.1) is 0 Å². The van der Waals surface area contributed by atoms with Gasteiger partial charge < -0.3 is 20.5 Å². The van der Waals surface area contributed by atoms with Gasteiger partial charge in [-0.05, 0) is 91.3 Å². The van der Waals surface area contributed by atoms with Gasteiger partial charge in [-0.3, -0.25) is 13.9 Å². The number of unbranched alkanes of at least 4 members (excludes halogenated alkanes) is 1. The largest absolute Gasteiger partial charge is 0.492 e. The van der Waals surface area contributed by atoms with Gasteiger partial charge in [-0.1, -0.05) is 43.7 Å². The fraction of sp³-hybridized carbons (Fsp3) is 0.343. The average molecular weight is 668 g/mol. The fourth-order valence-corrected chi connectivity index (χ4v) is 5.70. The monoisotopic (exact) mass is 667 g/mol. The van der Waals surface area contributed by atoms with Crippen LogP contribution in [0, 0.1) is 0 Å². The Morgan fingerprint density at radius 2 is 1.74 bits per heavy atom. The number of hydrogen-bond acceptors (Lipinski definition) is 5. The normalized spacial score (nSPS) is 13.7. The summed E-state index contributed by atoms with van der Waals surface area (Å²) in [7, 11) is -1.37. The van der Waals surface area contributed by atoms with Crippen molar-refractivity contribution in [3.8, 4) is 5.75 Å². The topological polar surface area (TPSA) is 125 Å². The molecular weight excluding hydrogens is 628 g/mol. The Bertz CT molecular complexity index is 1630. The molecule has 0 radical (unpaired) electrons. The van der Waals surface area contributed by atoms with Crippen molar-refractivity contribution < 1.29 is 37.2 Å². The number of halogens is 2. The Morgan fingerprint density at radius 3 is 2.36 bits per heavy atom. The van der Waals surface area contributed by atoms with Gasteiger partial charge >= 0.3 is 17.9 Å². The number of benzene rings is 3. The summed E-state index contributed by atoms with van der Waals surface area (Å²) < 4.78 is 45.1. The van der Waals surface area contributed by atoms with E-state index in [1.54, 1.807) is 36.6 Å². The van der Waals surface area contributed by atoms with E-state index in [-0.39, 0.29) is 12.1 Å². The molecular formula is C35H39F2N3O6S. The number of nitrogens with zero attached hydrogens (tertiary/aromatic N) is 1. The van der Waals surface area contributed by atoms with Crippen LogP contribution in [0.25, 0.3) is 5.57 Å². The number of hydrogen-bond donors (Lipinski definition) is 3. The zero-order valence-electron chi connectivity index (χ0n) is 26.4. The molecule has 3 N–H and O–H groups in total. The molecule has 0 aromatic heterocycles. The van der Waals surface area contributed by atoms with Crippen molar-refractivity contribution in [2.24, 2.45) is 0 Å². The molecule has 0 saturated carbocycles. The van der Waals surface area contributed by atoms with Gasteiger partial charge in [0.25, 0.3) is 5.91 Å². The Balaban J connectivity index is 1.56. The van der Waals surface area contributed by atoms with Gasteiger partial charge in [0.1, 0.15) is 5.75 Å². The van der Waals surface area contributed by atoms with E-state index in [0.29, 0.717) is 34.2 Å². The van der Waals surface area contributed by atoms with Gasteiger partial charge in [0.05, 0.1) is 35.4 Å². The number of alkyl halides is 2. The quantitative estimate of drug-likeness (QED) is 0.156. The molecule has 3 aromatic rings. The summed E-state index contributed by atoms with van der Waals surface area (Å²) in [5.41, 5.74) is 4.10. The number of allylic oxidation sites excluding steroid dienone is 2. The lowest BCUT2D eigenvalue weighted by Gasteiger charge is -2.24. The number of rotatable bonds is 14. The molecule has 0 bridgehead atoms. The van der Waals surface area contributed by atoms with Crippen LogP contribution in [-0.2, 0) is 22.1 Å². The molecule has 47 heavy (non-hydrogen) atoms. The van der Waals surface area contributed by atoms with Crippen molar-refractivity contribution >= 4 is 45.7 Å². The highest BCUT2D eigenvalue weighted by Gasteiger charge is 2.39. The van der Waals surface area contributed by atoms with Crippen molar-refractivity contribution in [1.29, 1.82) is 0 Å². The van der Waals surface area contributed by atoms with E-state index in [1.165, 1.54) is 29.0 Å². The number of anilines is 2. The maximum Gasteiger partial charge on any atom is 0.376 e. The minimum atomic E-state index is -4.10. The van der Waals surface area contributed by atoms with Gasteiger partial charge in [-0.25, -0.2) is 9.59 Å². The molecule has 0 aliphatic heterocycles. The maximum absolute atomic E-state index is 13.8. The fourth-order valence-electron chi connectivity index (χ4n) is 5.00. The first-order chi connectivity index (χ1) is 22.5. The maximum atomic E-state index is 13.8. The third kappa shape index (κ3) is 9.71. The highest BCUT2D eigenvalue weighted by Crippen LogP contribution is 2.30. The lowest BCUT2D eigenvalue weighted by atomic mass is 9.93. The molecule has 1 aliphatic rings. The molecule has 0 fully saturated rings. The van der Waals surface area contributed by atoms with Crippen molar-refractivity contribution in [2.75, 3.05) is 29.6 Å². The molecule has 12 heteroatoms. The minimum absolute atomic E-state index is 0.0531. The Labute approximate surface area is 275 Å². The summed E-state index contributed by atoms with van der Waals surface area (Å²) >= 11 is 0. The van der Waals surface area contributed by atoms with Crippen LogP contribution in [-0.4, -0.2) is 52.6 Å². The first-order valence-corrected chi connectivity index (χ1v) is 17.0. The lowest BCUT2D eigenvalue weighted by Crippen LogP contribution is -2.42. The highest BCUT2D eigenvalue weighted by atomic mass is 32.2. The second kappa shape index (κ2) is 16.3. The van der Waals surface area contributed by atoms with Crippen molar-refractivity contribution in [2.45, 2.75) is 62.8 Å².